The van der Waals surface area contributed by atoms with Crippen molar-refractivity contribution in [3.8, 4) is 0 Å². The molecule has 100 valence electrons. The van der Waals surface area contributed by atoms with Crippen LogP contribution in [0.5, 0.6) is 0 Å². The lowest BCUT2D eigenvalue weighted by molar-refractivity contribution is -0.143. The van der Waals surface area contributed by atoms with Crippen LogP contribution in [0, 0.1) is 17.3 Å². The standard InChI is InChI=1S/C16H18O3/c1-10-9-16(2,3)15(19)12(13(10)17)14(18)11-7-5-4-6-8-11/h4-8,10,12H,9H2,1-3H3. The van der Waals surface area contributed by atoms with E-state index in [1.807, 2.05) is 13.8 Å². The number of carbonyl (C=O) groups is 3. The van der Waals surface area contributed by atoms with Crippen molar-refractivity contribution in [3.05, 3.63) is 35.9 Å². The first-order valence-corrected chi connectivity index (χ1v) is 6.52. The molecule has 1 aromatic rings. The minimum Gasteiger partial charge on any atom is -0.298 e. The van der Waals surface area contributed by atoms with Gasteiger partial charge in [0.15, 0.2) is 17.3 Å². The summed E-state index contributed by atoms with van der Waals surface area (Å²) in [5, 5.41) is 0. The van der Waals surface area contributed by atoms with Gasteiger partial charge in [-0.2, -0.15) is 0 Å². The molecular weight excluding hydrogens is 240 g/mol. The first-order chi connectivity index (χ1) is 8.84. The lowest BCUT2D eigenvalue weighted by Crippen LogP contribution is -2.48. The van der Waals surface area contributed by atoms with Gasteiger partial charge in [0.25, 0.3) is 0 Å². The Morgan fingerprint density at radius 2 is 1.74 bits per heavy atom. The zero-order valence-corrected chi connectivity index (χ0v) is 11.5. The van der Waals surface area contributed by atoms with Crippen LogP contribution in [-0.4, -0.2) is 17.3 Å². The average Bonchev–Trinajstić information content (AvgIpc) is 2.37. The summed E-state index contributed by atoms with van der Waals surface area (Å²) in [6.07, 6.45) is 0.517. The molecule has 2 atom stereocenters. The molecule has 1 aliphatic rings. The Labute approximate surface area is 113 Å². The van der Waals surface area contributed by atoms with Crippen LogP contribution in [0.4, 0.5) is 0 Å². The Balaban J connectivity index is 2.39. The third-order valence-electron chi connectivity index (χ3n) is 3.84. The predicted molar refractivity (Wildman–Crippen MR) is 71.8 cm³/mol. The first kappa shape index (κ1) is 13.7. The first-order valence-electron chi connectivity index (χ1n) is 6.52. The zero-order chi connectivity index (χ0) is 14.2. The van der Waals surface area contributed by atoms with Gasteiger partial charge in [0.2, 0.25) is 0 Å². The van der Waals surface area contributed by atoms with Gasteiger partial charge in [-0.15, -0.1) is 0 Å². The smallest absolute Gasteiger partial charge is 0.180 e. The molecule has 0 aliphatic heterocycles. The quantitative estimate of drug-likeness (QED) is 0.605. The van der Waals surface area contributed by atoms with Crippen molar-refractivity contribution in [2.45, 2.75) is 27.2 Å². The van der Waals surface area contributed by atoms with E-state index in [0.29, 0.717) is 12.0 Å². The summed E-state index contributed by atoms with van der Waals surface area (Å²) < 4.78 is 0. The van der Waals surface area contributed by atoms with Crippen LogP contribution in [0.2, 0.25) is 0 Å². The Bertz CT molecular complexity index is 528. The van der Waals surface area contributed by atoms with Gasteiger partial charge in [-0.25, -0.2) is 0 Å². The molecule has 0 spiro atoms. The van der Waals surface area contributed by atoms with Crippen LogP contribution in [0.25, 0.3) is 0 Å². The second kappa shape index (κ2) is 4.72. The number of hydrogen-bond donors (Lipinski definition) is 0. The largest absolute Gasteiger partial charge is 0.298 e. The maximum atomic E-state index is 12.4. The third-order valence-corrected chi connectivity index (χ3v) is 3.84. The van der Waals surface area contributed by atoms with Crippen LogP contribution in [-0.2, 0) is 9.59 Å². The van der Waals surface area contributed by atoms with E-state index in [-0.39, 0.29) is 23.3 Å². The van der Waals surface area contributed by atoms with Crippen molar-refractivity contribution in [3.63, 3.8) is 0 Å². The van der Waals surface area contributed by atoms with E-state index in [1.54, 1.807) is 37.3 Å². The third kappa shape index (κ3) is 2.37. The van der Waals surface area contributed by atoms with Crippen molar-refractivity contribution in [1.29, 1.82) is 0 Å². The molecule has 0 amide bonds. The van der Waals surface area contributed by atoms with E-state index in [1.165, 1.54) is 0 Å². The molecule has 19 heavy (non-hydrogen) atoms. The number of Topliss-reactive ketones (excluding diaryl/α,β-unsaturated/α-hetero) is 3. The number of carbonyl (C=O) groups excluding carboxylic acids is 3. The second-order valence-corrected chi connectivity index (χ2v) is 5.92. The SMILES string of the molecule is CC1CC(C)(C)C(=O)C(C(=O)c2ccccc2)C1=O. The Kier molecular flexibility index (Phi) is 3.40. The number of hydrogen-bond acceptors (Lipinski definition) is 3. The molecule has 1 fully saturated rings. The molecule has 0 heterocycles. The second-order valence-electron chi connectivity index (χ2n) is 5.92. The van der Waals surface area contributed by atoms with E-state index >= 15 is 0 Å². The maximum absolute atomic E-state index is 12.4. The van der Waals surface area contributed by atoms with E-state index in [2.05, 4.69) is 0 Å². The molecule has 1 aliphatic carbocycles. The van der Waals surface area contributed by atoms with E-state index in [0.717, 1.165) is 0 Å². The molecule has 2 rings (SSSR count). The Morgan fingerprint density at radius 1 is 1.16 bits per heavy atom. The molecule has 2 unspecified atom stereocenters. The highest BCUT2D eigenvalue weighted by atomic mass is 16.2. The highest BCUT2D eigenvalue weighted by Crippen LogP contribution is 2.37. The molecule has 0 aromatic heterocycles. The van der Waals surface area contributed by atoms with Crippen molar-refractivity contribution < 1.29 is 14.4 Å². The Hall–Kier alpha value is -1.77. The minimum absolute atomic E-state index is 0.238. The number of benzene rings is 1. The van der Waals surface area contributed by atoms with Crippen LogP contribution in [0.15, 0.2) is 30.3 Å². The summed E-state index contributed by atoms with van der Waals surface area (Å²) in [6, 6.07) is 8.57. The van der Waals surface area contributed by atoms with Gasteiger partial charge >= 0.3 is 0 Å². The molecule has 0 radical (unpaired) electrons. The fourth-order valence-corrected chi connectivity index (χ4v) is 2.79. The van der Waals surface area contributed by atoms with Crippen molar-refractivity contribution >= 4 is 17.3 Å². The van der Waals surface area contributed by atoms with Crippen LogP contribution in [0.3, 0.4) is 0 Å². The van der Waals surface area contributed by atoms with E-state index in [9.17, 15) is 14.4 Å². The molecule has 0 N–H and O–H groups in total. The van der Waals surface area contributed by atoms with Gasteiger partial charge in [-0.3, -0.25) is 14.4 Å². The fourth-order valence-electron chi connectivity index (χ4n) is 2.79. The fraction of sp³-hybridized carbons (Fsp3) is 0.438. The van der Waals surface area contributed by atoms with Gasteiger partial charge in [0, 0.05) is 16.9 Å². The molecule has 3 nitrogen and oxygen atoms in total. The lowest BCUT2D eigenvalue weighted by Gasteiger charge is -2.35. The van der Waals surface area contributed by atoms with Crippen LogP contribution >= 0.6 is 0 Å². The number of ketones is 3. The Morgan fingerprint density at radius 3 is 2.32 bits per heavy atom. The summed E-state index contributed by atoms with van der Waals surface area (Å²) in [5.41, 5.74) is -0.179. The van der Waals surface area contributed by atoms with Gasteiger partial charge in [-0.05, 0) is 6.42 Å². The summed E-state index contributed by atoms with van der Waals surface area (Å²) in [5.74, 6) is -2.22. The summed E-state index contributed by atoms with van der Waals surface area (Å²) in [7, 11) is 0. The maximum Gasteiger partial charge on any atom is 0.180 e. The van der Waals surface area contributed by atoms with Crippen LogP contribution < -0.4 is 0 Å². The highest BCUT2D eigenvalue weighted by molar-refractivity contribution is 6.26. The van der Waals surface area contributed by atoms with Crippen LogP contribution in [0.1, 0.15) is 37.6 Å². The average molecular weight is 258 g/mol. The topological polar surface area (TPSA) is 51.2 Å². The van der Waals surface area contributed by atoms with Crippen molar-refractivity contribution in [2.75, 3.05) is 0 Å². The highest BCUT2D eigenvalue weighted by Gasteiger charge is 2.49. The summed E-state index contributed by atoms with van der Waals surface area (Å²) in [6.45, 7) is 5.41. The van der Waals surface area contributed by atoms with Gasteiger partial charge < -0.3 is 0 Å². The molecule has 1 saturated carbocycles. The van der Waals surface area contributed by atoms with Gasteiger partial charge in [0.1, 0.15) is 5.92 Å². The van der Waals surface area contributed by atoms with Crippen molar-refractivity contribution in [1.82, 2.24) is 0 Å². The molecule has 3 heteroatoms. The normalized spacial score (nSPS) is 26.3. The molecule has 0 bridgehead atoms. The molecule has 1 aromatic carbocycles. The van der Waals surface area contributed by atoms with Gasteiger partial charge in [-0.1, -0.05) is 51.1 Å². The number of rotatable bonds is 2. The monoisotopic (exact) mass is 258 g/mol. The molecular formula is C16H18O3. The predicted octanol–water partition coefficient (Wildman–Crippen LogP) is 2.69. The summed E-state index contributed by atoms with van der Waals surface area (Å²) in [4.78, 5) is 37.0. The lowest BCUT2D eigenvalue weighted by atomic mass is 9.64. The van der Waals surface area contributed by atoms with E-state index in [4.69, 9.17) is 0 Å². The van der Waals surface area contributed by atoms with E-state index < -0.39 is 11.3 Å². The zero-order valence-electron chi connectivity index (χ0n) is 11.5. The summed E-state index contributed by atoms with van der Waals surface area (Å²) >= 11 is 0. The van der Waals surface area contributed by atoms with Crippen molar-refractivity contribution in [2.24, 2.45) is 17.3 Å². The van der Waals surface area contributed by atoms with Gasteiger partial charge in [0.05, 0.1) is 0 Å². The minimum atomic E-state index is -1.12. The molecule has 0 saturated heterocycles.